The number of aromatic nitrogens is 1. The number of aliphatic carboxylic acids is 1. The van der Waals surface area contributed by atoms with Gasteiger partial charge in [-0.1, -0.05) is 48.5 Å². The molecule has 0 radical (unpaired) electrons. The normalized spacial score (nSPS) is 15.1. The molecule has 0 bridgehead atoms. The van der Waals surface area contributed by atoms with Gasteiger partial charge in [-0.15, -0.1) is 0 Å². The van der Waals surface area contributed by atoms with Crippen molar-refractivity contribution in [1.82, 2.24) is 10.3 Å². The number of nitrogens with one attached hydrogen (secondary N) is 1. The molecule has 0 saturated heterocycles. The number of halogens is 1. The van der Waals surface area contributed by atoms with Crippen molar-refractivity contribution in [3.05, 3.63) is 76.5 Å². The number of hydrogen-bond donors (Lipinski definition) is 2. The second-order valence-corrected chi connectivity index (χ2v) is 7.89. The van der Waals surface area contributed by atoms with Gasteiger partial charge in [0, 0.05) is 17.7 Å². The van der Waals surface area contributed by atoms with Crippen LogP contribution < -0.4 is 5.32 Å². The fourth-order valence-electron chi connectivity index (χ4n) is 3.75. The highest BCUT2D eigenvalue weighted by Crippen LogP contribution is 2.48. The molecule has 0 spiro atoms. The van der Waals surface area contributed by atoms with E-state index in [9.17, 15) is 9.59 Å². The Hall–Kier alpha value is -3.19. The maximum atomic E-state index is 12.0. The van der Waals surface area contributed by atoms with Gasteiger partial charge in [0.05, 0.1) is 0 Å². The van der Waals surface area contributed by atoms with Crippen LogP contribution in [-0.2, 0) is 9.53 Å². The minimum atomic E-state index is -1.11. The molecule has 1 aromatic heterocycles. The van der Waals surface area contributed by atoms with Crippen LogP contribution in [0.15, 0.2) is 65.4 Å². The SMILES string of the molecule is CC(NC(=O)OCC1c2ccccc2-c2c(-c3ccc(Br)nc3)cccc21)C(=O)O. The van der Waals surface area contributed by atoms with Crippen LogP contribution >= 0.6 is 15.9 Å². The summed E-state index contributed by atoms with van der Waals surface area (Å²) < 4.78 is 6.16. The molecule has 2 atom stereocenters. The molecule has 4 rings (SSSR count). The van der Waals surface area contributed by atoms with Crippen molar-refractivity contribution in [3.63, 3.8) is 0 Å². The third-order valence-corrected chi connectivity index (χ3v) is 5.67. The number of nitrogens with zero attached hydrogens (tertiary/aromatic N) is 1. The Bertz CT molecular complexity index is 1110. The van der Waals surface area contributed by atoms with Gasteiger partial charge in [-0.05, 0) is 56.7 Å². The van der Waals surface area contributed by atoms with Crippen LogP contribution in [0.1, 0.15) is 24.0 Å². The first-order valence-corrected chi connectivity index (χ1v) is 10.2. The number of benzene rings is 2. The number of pyridine rings is 1. The molecule has 0 aliphatic heterocycles. The van der Waals surface area contributed by atoms with E-state index in [0.717, 1.165) is 38.0 Å². The van der Waals surface area contributed by atoms with E-state index in [1.165, 1.54) is 6.92 Å². The number of carbonyl (C=O) groups excluding carboxylic acids is 1. The number of carboxylic acid groups (broad SMARTS) is 1. The zero-order chi connectivity index (χ0) is 21.3. The van der Waals surface area contributed by atoms with E-state index in [4.69, 9.17) is 9.84 Å². The van der Waals surface area contributed by atoms with Gasteiger partial charge in [0.2, 0.25) is 0 Å². The molecule has 7 heteroatoms. The van der Waals surface area contributed by atoms with Crippen molar-refractivity contribution in [2.75, 3.05) is 6.61 Å². The molecule has 2 N–H and O–H groups in total. The van der Waals surface area contributed by atoms with Gasteiger partial charge in [-0.2, -0.15) is 0 Å². The van der Waals surface area contributed by atoms with Gasteiger partial charge in [-0.3, -0.25) is 4.79 Å². The first-order valence-electron chi connectivity index (χ1n) is 9.46. The maximum absolute atomic E-state index is 12.0. The standard InChI is InChI=1S/C23H19BrN2O4/c1-13(22(27)28)26-23(29)30-12-19-16-5-2-3-6-17(16)21-15(7-4-8-18(19)21)14-9-10-20(24)25-11-14/h2-11,13,19H,12H2,1H3,(H,26,29)(H,27,28). The summed E-state index contributed by atoms with van der Waals surface area (Å²) in [5.41, 5.74) is 6.40. The number of rotatable bonds is 5. The average Bonchev–Trinajstić information content (AvgIpc) is 3.06. The predicted octanol–water partition coefficient (Wildman–Crippen LogP) is 4.82. The molecule has 2 aromatic carbocycles. The van der Waals surface area contributed by atoms with Crippen LogP contribution in [0.5, 0.6) is 0 Å². The molecule has 1 heterocycles. The lowest BCUT2D eigenvalue weighted by Gasteiger charge is -2.16. The zero-order valence-corrected chi connectivity index (χ0v) is 17.7. The summed E-state index contributed by atoms with van der Waals surface area (Å²) in [5.74, 6) is -1.25. The van der Waals surface area contributed by atoms with Gasteiger partial charge in [0.15, 0.2) is 0 Å². The first kappa shape index (κ1) is 20.1. The fourth-order valence-corrected chi connectivity index (χ4v) is 3.99. The Morgan fingerprint density at radius 2 is 1.83 bits per heavy atom. The Morgan fingerprint density at radius 3 is 2.57 bits per heavy atom. The van der Waals surface area contributed by atoms with Gasteiger partial charge in [0.1, 0.15) is 17.3 Å². The highest BCUT2D eigenvalue weighted by Gasteiger charge is 2.31. The predicted molar refractivity (Wildman–Crippen MR) is 116 cm³/mol. The molecule has 2 unspecified atom stereocenters. The van der Waals surface area contributed by atoms with E-state index >= 15 is 0 Å². The minimum absolute atomic E-state index is 0.115. The number of hydrogen-bond acceptors (Lipinski definition) is 4. The summed E-state index contributed by atoms with van der Waals surface area (Å²) in [6.45, 7) is 1.51. The van der Waals surface area contributed by atoms with Crippen LogP contribution in [0, 0.1) is 0 Å². The van der Waals surface area contributed by atoms with Crippen molar-refractivity contribution >= 4 is 28.0 Å². The third-order valence-electron chi connectivity index (χ3n) is 5.20. The molecule has 152 valence electrons. The Morgan fingerprint density at radius 1 is 1.10 bits per heavy atom. The largest absolute Gasteiger partial charge is 0.480 e. The number of alkyl carbamates (subject to hydrolysis) is 1. The van der Waals surface area contributed by atoms with Crippen molar-refractivity contribution in [2.45, 2.75) is 18.9 Å². The average molecular weight is 467 g/mol. The summed E-state index contributed by atoms with van der Waals surface area (Å²) in [4.78, 5) is 27.3. The molecule has 0 fully saturated rings. The lowest BCUT2D eigenvalue weighted by molar-refractivity contribution is -0.138. The third kappa shape index (κ3) is 3.80. The van der Waals surface area contributed by atoms with Crippen molar-refractivity contribution in [2.24, 2.45) is 0 Å². The summed E-state index contributed by atoms with van der Waals surface area (Å²) in [6, 6.07) is 17.0. The maximum Gasteiger partial charge on any atom is 0.407 e. The quantitative estimate of drug-likeness (QED) is 0.526. The Kier molecular flexibility index (Phi) is 5.55. The fraction of sp³-hybridized carbons (Fsp3) is 0.174. The molecule has 1 aliphatic carbocycles. The molecule has 30 heavy (non-hydrogen) atoms. The van der Waals surface area contributed by atoms with Crippen molar-refractivity contribution in [3.8, 4) is 22.3 Å². The number of carboxylic acids is 1. The highest BCUT2D eigenvalue weighted by molar-refractivity contribution is 9.10. The molecule has 1 amide bonds. The van der Waals surface area contributed by atoms with E-state index in [-0.39, 0.29) is 12.5 Å². The van der Waals surface area contributed by atoms with Crippen LogP contribution in [0.3, 0.4) is 0 Å². The molecule has 1 aliphatic rings. The number of ether oxygens (including phenoxy) is 1. The number of carbonyl (C=O) groups is 2. The lowest BCUT2D eigenvalue weighted by atomic mass is 9.94. The van der Waals surface area contributed by atoms with Gasteiger partial charge in [-0.25, -0.2) is 9.78 Å². The van der Waals surface area contributed by atoms with Crippen molar-refractivity contribution < 1.29 is 19.4 Å². The molecule has 0 saturated carbocycles. The minimum Gasteiger partial charge on any atom is -0.480 e. The van der Waals surface area contributed by atoms with E-state index in [2.05, 4.69) is 38.4 Å². The van der Waals surface area contributed by atoms with Crippen molar-refractivity contribution in [1.29, 1.82) is 0 Å². The molecular formula is C23H19BrN2O4. The molecule has 3 aromatic rings. The zero-order valence-electron chi connectivity index (χ0n) is 16.1. The van der Waals surface area contributed by atoms with E-state index in [1.54, 1.807) is 0 Å². The first-order chi connectivity index (χ1) is 14.5. The van der Waals surface area contributed by atoms with Gasteiger partial charge < -0.3 is 15.2 Å². The second kappa shape index (κ2) is 8.28. The summed E-state index contributed by atoms with van der Waals surface area (Å²) in [5, 5.41) is 11.3. The lowest BCUT2D eigenvalue weighted by Crippen LogP contribution is -2.39. The second-order valence-electron chi connectivity index (χ2n) is 7.08. The number of amides is 1. The van der Waals surface area contributed by atoms with Crippen LogP contribution in [0.25, 0.3) is 22.3 Å². The van der Waals surface area contributed by atoms with Gasteiger partial charge >= 0.3 is 12.1 Å². The molecule has 6 nitrogen and oxygen atoms in total. The Balaban J connectivity index is 1.67. The van der Waals surface area contributed by atoms with Crippen LogP contribution in [0.2, 0.25) is 0 Å². The van der Waals surface area contributed by atoms with Gasteiger partial charge in [0.25, 0.3) is 0 Å². The summed E-state index contributed by atoms with van der Waals surface area (Å²) >= 11 is 3.37. The summed E-state index contributed by atoms with van der Waals surface area (Å²) in [7, 11) is 0. The van der Waals surface area contributed by atoms with Crippen LogP contribution in [0.4, 0.5) is 4.79 Å². The number of fused-ring (bicyclic) bond motifs is 3. The monoisotopic (exact) mass is 466 g/mol. The highest BCUT2D eigenvalue weighted by atomic mass is 79.9. The topological polar surface area (TPSA) is 88.5 Å². The summed E-state index contributed by atoms with van der Waals surface area (Å²) in [6.07, 6.45) is 1.08. The van der Waals surface area contributed by atoms with E-state index in [0.29, 0.717) is 0 Å². The van der Waals surface area contributed by atoms with E-state index in [1.807, 2.05) is 48.7 Å². The van der Waals surface area contributed by atoms with E-state index < -0.39 is 18.1 Å². The Labute approximate surface area is 182 Å². The smallest absolute Gasteiger partial charge is 0.407 e. The molecular weight excluding hydrogens is 448 g/mol. The van der Waals surface area contributed by atoms with Crippen LogP contribution in [-0.4, -0.2) is 34.8 Å².